The summed E-state index contributed by atoms with van der Waals surface area (Å²) in [7, 11) is 3.38. The third-order valence-corrected chi connectivity index (χ3v) is 7.42. The molecule has 0 atom stereocenters. The van der Waals surface area contributed by atoms with E-state index in [1.165, 1.54) is 17.0 Å². The van der Waals surface area contributed by atoms with Crippen LogP contribution in [0.5, 0.6) is 11.5 Å². The molecule has 2 heterocycles. The van der Waals surface area contributed by atoms with Gasteiger partial charge in [-0.25, -0.2) is 9.78 Å². The maximum atomic E-state index is 13.5. The number of benzene rings is 3. The normalized spacial score (nSPS) is 13.7. The molecule has 1 aromatic heterocycles. The Bertz CT molecular complexity index is 1870. The van der Waals surface area contributed by atoms with Gasteiger partial charge >= 0.3 is 5.97 Å². The summed E-state index contributed by atoms with van der Waals surface area (Å²) in [5.74, 6) is 0.0266. The number of hydrogen-bond donors (Lipinski definition) is 1. The first kappa shape index (κ1) is 31.9. The number of aromatic nitrogens is 1. The topological polar surface area (TPSA) is 150 Å². The third-order valence-electron chi connectivity index (χ3n) is 7.09. The molecule has 0 spiro atoms. The van der Waals surface area contributed by atoms with Crippen molar-refractivity contribution in [2.45, 2.75) is 19.3 Å². The first-order valence-electron chi connectivity index (χ1n) is 14.2. The Morgan fingerprint density at radius 3 is 2.61 bits per heavy atom. The molecule has 4 aromatic rings. The van der Waals surface area contributed by atoms with Crippen molar-refractivity contribution in [2.24, 2.45) is 0 Å². The minimum Gasteiger partial charge on any atom is -0.454 e. The summed E-state index contributed by atoms with van der Waals surface area (Å²) < 4.78 is 16.4. The van der Waals surface area contributed by atoms with Crippen LogP contribution < -0.4 is 14.8 Å². The smallest absolute Gasteiger partial charge is 0.339 e. The molecule has 1 aliphatic carbocycles. The zero-order valence-electron chi connectivity index (χ0n) is 24.9. The van der Waals surface area contributed by atoms with Crippen LogP contribution >= 0.6 is 11.6 Å². The molecule has 0 unspecified atom stereocenters. The lowest BCUT2D eigenvalue weighted by Crippen LogP contribution is -2.22. The molecule has 3 aromatic carbocycles. The summed E-state index contributed by atoms with van der Waals surface area (Å²) in [5, 5.41) is 14.3. The van der Waals surface area contributed by atoms with Crippen molar-refractivity contribution < 1.29 is 33.5 Å². The van der Waals surface area contributed by atoms with Crippen molar-refractivity contribution in [3.63, 3.8) is 0 Å². The van der Waals surface area contributed by atoms with E-state index in [1.54, 1.807) is 20.2 Å². The number of carbonyl (C=O) groups is 3. The fourth-order valence-corrected chi connectivity index (χ4v) is 5.19. The number of hydrogen-bond acceptors (Lipinski definition) is 9. The van der Waals surface area contributed by atoms with E-state index < -0.39 is 23.4 Å². The van der Waals surface area contributed by atoms with Crippen molar-refractivity contribution in [2.75, 3.05) is 32.8 Å². The van der Waals surface area contributed by atoms with Gasteiger partial charge in [-0.05, 0) is 66.3 Å². The second-order valence-electron chi connectivity index (χ2n) is 10.6. The number of fused-ring (bicyclic) bond motifs is 3. The van der Waals surface area contributed by atoms with Crippen LogP contribution in [0, 0.1) is 10.1 Å². The summed E-state index contributed by atoms with van der Waals surface area (Å²) in [5.41, 5.74) is 4.18. The molecule has 0 bridgehead atoms. The lowest BCUT2D eigenvalue weighted by atomic mass is 9.86. The van der Waals surface area contributed by atoms with Crippen LogP contribution in [-0.4, -0.2) is 60.6 Å². The predicted octanol–water partition coefficient (Wildman–Crippen LogP) is 5.90. The molecule has 0 saturated carbocycles. The molecule has 13 heteroatoms. The number of nitro benzene ring substituents is 1. The Morgan fingerprint density at radius 1 is 1.09 bits per heavy atom. The second kappa shape index (κ2) is 14.1. The highest BCUT2D eigenvalue weighted by Crippen LogP contribution is 2.38. The standard InChI is InChI=1S/C30H22ClN3O7.C3H7NO/c31-22-10-9-19(34(37)38)14-24(22)32-27(35)15-39-30(36)28-20-5-1-2-7-23(20)33-29-18(4-3-6-21(28)29)12-17-8-11-25-26(13-17)41-16-40-25;1-4(2)3-5/h1-2,5,7-14H,3-4,6,15-16H2,(H,32,35);3H,1-2H3/b18-12-;. The number of ether oxygens (including phenoxy) is 3. The van der Waals surface area contributed by atoms with Gasteiger partial charge in [-0.1, -0.05) is 35.9 Å². The van der Waals surface area contributed by atoms with Crippen molar-refractivity contribution in [3.8, 4) is 11.5 Å². The van der Waals surface area contributed by atoms with Crippen LogP contribution in [0.4, 0.5) is 11.4 Å². The van der Waals surface area contributed by atoms with Crippen LogP contribution in [0.15, 0.2) is 60.7 Å². The zero-order chi connectivity index (χ0) is 32.8. The number of esters is 1. The molecule has 2 amide bonds. The monoisotopic (exact) mass is 644 g/mol. The van der Waals surface area contributed by atoms with Crippen LogP contribution in [0.1, 0.15) is 40.0 Å². The van der Waals surface area contributed by atoms with Gasteiger partial charge in [-0.15, -0.1) is 0 Å². The van der Waals surface area contributed by atoms with E-state index in [0.29, 0.717) is 40.1 Å². The maximum absolute atomic E-state index is 13.5. The van der Waals surface area contributed by atoms with Crippen molar-refractivity contribution in [1.82, 2.24) is 9.88 Å². The number of nitrogens with one attached hydrogen (secondary N) is 1. The van der Waals surface area contributed by atoms with Crippen LogP contribution in [0.25, 0.3) is 22.6 Å². The largest absolute Gasteiger partial charge is 0.454 e. The Kier molecular flexibility index (Phi) is 9.77. The minimum atomic E-state index is -0.684. The Labute approximate surface area is 268 Å². The lowest BCUT2D eigenvalue weighted by molar-refractivity contribution is -0.384. The van der Waals surface area contributed by atoms with Crippen LogP contribution in [-0.2, 0) is 20.7 Å². The van der Waals surface area contributed by atoms with E-state index >= 15 is 0 Å². The molecular formula is C33H29ClN4O8. The number of para-hydroxylation sites is 1. The molecule has 2 aliphatic rings. The van der Waals surface area contributed by atoms with Gasteiger partial charge in [0.25, 0.3) is 11.6 Å². The first-order chi connectivity index (χ1) is 22.1. The van der Waals surface area contributed by atoms with Gasteiger partial charge in [0.2, 0.25) is 13.2 Å². The molecule has 12 nitrogen and oxygen atoms in total. The maximum Gasteiger partial charge on any atom is 0.339 e. The number of amides is 2. The van der Waals surface area contributed by atoms with E-state index in [9.17, 15) is 24.5 Å². The second-order valence-corrected chi connectivity index (χ2v) is 11.0. The summed E-state index contributed by atoms with van der Waals surface area (Å²) in [6.45, 7) is -0.420. The quantitative estimate of drug-likeness (QED) is 0.112. The van der Waals surface area contributed by atoms with Crippen LogP contribution in [0.3, 0.4) is 0 Å². The fraction of sp³-hybridized carbons (Fsp3) is 0.212. The highest BCUT2D eigenvalue weighted by atomic mass is 35.5. The first-order valence-corrected chi connectivity index (χ1v) is 14.6. The van der Waals surface area contributed by atoms with Crippen molar-refractivity contribution in [1.29, 1.82) is 0 Å². The van der Waals surface area contributed by atoms with E-state index in [2.05, 4.69) is 5.32 Å². The highest BCUT2D eigenvalue weighted by Gasteiger charge is 2.27. The average molecular weight is 645 g/mol. The minimum absolute atomic E-state index is 0.0481. The Balaban J connectivity index is 0.000000775. The van der Waals surface area contributed by atoms with E-state index in [0.717, 1.165) is 42.0 Å². The molecule has 0 radical (unpaired) electrons. The number of anilines is 1. The summed E-state index contributed by atoms with van der Waals surface area (Å²) in [6, 6.07) is 16.7. The number of nitrogens with zero attached hydrogens (tertiary/aromatic N) is 3. The van der Waals surface area contributed by atoms with Gasteiger partial charge in [0, 0.05) is 31.6 Å². The van der Waals surface area contributed by atoms with Gasteiger partial charge in [0.05, 0.1) is 32.4 Å². The Morgan fingerprint density at radius 2 is 1.85 bits per heavy atom. The fourth-order valence-electron chi connectivity index (χ4n) is 5.02. The number of rotatable bonds is 7. The SMILES string of the molecule is CN(C)C=O.O=C(COC(=O)c1c2c(nc3ccccc13)/C(=C\c1ccc3c(c1)OCO3)CCC2)Nc1cc([N+](=O)[O-])ccc1Cl. The number of halogens is 1. The molecule has 0 saturated heterocycles. The highest BCUT2D eigenvalue weighted by molar-refractivity contribution is 6.33. The van der Waals surface area contributed by atoms with Crippen molar-refractivity contribution in [3.05, 3.63) is 98.2 Å². The zero-order valence-corrected chi connectivity index (χ0v) is 25.7. The molecular weight excluding hydrogens is 616 g/mol. The number of nitro groups is 1. The number of carbonyl (C=O) groups excluding carboxylic acids is 3. The lowest BCUT2D eigenvalue weighted by Gasteiger charge is -2.22. The molecule has 46 heavy (non-hydrogen) atoms. The summed E-state index contributed by atoms with van der Waals surface area (Å²) in [6.07, 6.45) is 4.97. The van der Waals surface area contributed by atoms with Gasteiger partial charge in [0.1, 0.15) is 0 Å². The molecule has 0 fully saturated rings. The van der Waals surface area contributed by atoms with E-state index in [4.69, 9.17) is 30.8 Å². The predicted molar refractivity (Wildman–Crippen MR) is 172 cm³/mol. The van der Waals surface area contributed by atoms with Gasteiger partial charge in [-0.3, -0.25) is 19.7 Å². The van der Waals surface area contributed by atoms with E-state index in [1.807, 2.05) is 42.5 Å². The van der Waals surface area contributed by atoms with Gasteiger partial charge in [0.15, 0.2) is 18.1 Å². The van der Waals surface area contributed by atoms with E-state index in [-0.39, 0.29) is 23.2 Å². The van der Waals surface area contributed by atoms with Crippen molar-refractivity contribution >= 4 is 63.8 Å². The molecule has 1 aliphatic heterocycles. The summed E-state index contributed by atoms with van der Waals surface area (Å²) in [4.78, 5) is 52.4. The van der Waals surface area contributed by atoms with Gasteiger partial charge in [-0.2, -0.15) is 0 Å². The molecule has 6 rings (SSSR count). The Hall–Kier alpha value is -5.49. The number of pyridine rings is 1. The third kappa shape index (κ3) is 7.24. The average Bonchev–Trinajstić information content (AvgIpc) is 3.52. The van der Waals surface area contributed by atoms with Crippen LogP contribution in [0.2, 0.25) is 5.02 Å². The molecule has 1 N–H and O–H groups in total. The summed E-state index contributed by atoms with van der Waals surface area (Å²) >= 11 is 6.08. The number of allylic oxidation sites excluding steroid dienone is 1. The number of non-ortho nitro benzene ring substituents is 1. The van der Waals surface area contributed by atoms with Gasteiger partial charge < -0.3 is 24.4 Å². The molecule has 236 valence electrons.